The summed E-state index contributed by atoms with van der Waals surface area (Å²) in [6.07, 6.45) is 7.54. The van der Waals surface area contributed by atoms with E-state index in [0.717, 1.165) is 35.1 Å². The molecule has 0 aromatic heterocycles. The molecule has 0 saturated carbocycles. The highest BCUT2D eigenvalue weighted by Gasteiger charge is 1.96. The van der Waals surface area contributed by atoms with E-state index in [1.807, 2.05) is 27.7 Å². The van der Waals surface area contributed by atoms with Crippen molar-refractivity contribution in [1.82, 2.24) is 0 Å². The van der Waals surface area contributed by atoms with Gasteiger partial charge in [-0.3, -0.25) is 4.99 Å². The predicted octanol–water partition coefficient (Wildman–Crippen LogP) is 9.50. The van der Waals surface area contributed by atoms with Crippen LogP contribution in [0.15, 0.2) is 27.7 Å². The highest BCUT2D eigenvalue weighted by Crippen LogP contribution is 2.11. The van der Waals surface area contributed by atoms with Gasteiger partial charge in [0.2, 0.25) is 0 Å². The minimum atomic E-state index is -0.219. The Hall–Kier alpha value is -1.25. The normalized spacial score (nSPS) is 10.9. The fraction of sp³-hybridized carbons (Fsp3) is 0.769. The quantitative estimate of drug-likeness (QED) is 0.382. The second-order valence-corrected chi connectivity index (χ2v) is 8.65. The molecule has 0 amide bonds. The molecule has 3 heteroatoms. The van der Waals surface area contributed by atoms with Crippen LogP contribution in [-0.4, -0.2) is 12.0 Å². The van der Waals surface area contributed by atoms with E-state index in [-0.39, 0.29) is 11.6 Å². The molecule has 0 radical (unpaired) electrons. The molecule has 0 unspecified atom stereocenters. The van der Waals surface area contributed by atoms with Gasteiger partial charge in [-0.2, -0.15) is 0 Å². The van der Waals surface area contributed by atoms with Crippen molar-refractivity contribution in [1.29, 1.82) is 0 Å². The Morgan fingerprint density at radius 1 is 0.862 bits per heavy atom. The summed E-state index contributed by atoms with van der Waals surface area (Å²) in [5, 5.41) is 0. The van der Waals surface area contributed by atoms with Crippen LogP contribution in [0.3, 0.4) is 0 Å². The Balaban J connectivity index is -0.000000165. The Labute approximate surface area is 183 Å². The number of nitrogens with zero attached hydrogens (tertiary/aromatic N) is 1. The van der Waals surface area contributed by atoms with Crippen molar-refractivity contribution in [2.24, 2.45) is 16.8 Å². The first kappa shape index (κ1) is 35.2. The van der Waals surface area contributed by atoms with Crippen LogP contribution in [0.1, 0.15) is 122 Å². The Morgan fingerprint density at radius 2 is 1.21 bits per heavy atom. The molecule has 174 valence electrons. The zero-order valence-corrected chi connectivity index (χ0v) is 22.0. The number of carbonyl (C=O) groups is 1. The Bertz CT molecular complexity index is 456. The molecule has 0 aromatic carbocycles. The van der Waals surface area contributed by atoms with Gasteiger partial charge in [0, 0.05) is 5.70 Å². The molecule has 0 aliphatic heterocycles. The molecule has 0 spiro atoms. The number of aliphatic imine (C=N–C) groups is 1. The van der Waals surface area contributed by atoms with Gasteiger partial charge in [-0.1, -0.05) is 79.7 Å². The predicted molar refractivity (Wildman–Crippen MR) is 132 cm³/mol. The van der Waals surface area contributed by atoms with E-state index in [0.29, 0.717) is 0 Å². The minimum absolute atomic E-state index is 0.167. The molecule has 0 heterocycles. The van der Waals surface area contributed by atoms with Gasteiger partial charge >= 0.3 is 0 Å². The number of halogens is 1. The second-order valence-electron chi connectivity index (χ2n) is 8.65. The van der Waals surface area contributed by atoms with Gasteiger partial charge in [0.05, 0.1) is 6.21 Å². The van der Waals surface area contributed by atoms with Crippen LogP contribution in [0.25, 0.3) is 0 Å². The third-order valence-corrected chi connectivity index (χ3v) is 3.60. The number of Topliss-reactive ketones (excluding diaryl/α,β-unsaturated/α-hetero) is 1. The van der Waals surface area contributed by atoms with Crippen LogP contribution in [-0.2, 0) is 4.79 Å². The van der Waals surface area contributed by atoms with Crippen LogP contribution in [0, 0.1) is 11.8 Å². The summed E-state index contributed by atoms with van der Waals surface area (Å²) >= 11 is 0. The first-order valence-corrected chi connectivity index (χ1v) is 11.3. The lowest BCUT2D eigenvalue weighted by Gasteiger charge is -2.05. The number of hydrogen-bond acceptors (Lipinski definition) is 2. The van der Waals surface area contributed by atoms with Gasteiger partial charge < -0.3 is 4.79 Å². The van der Waals surface area contributed by atoms with Crippen LogP contribution in [0.5, 0.6) is 0 Å². The molecule has 0 fully saturated rings. The molecule has 2 nitrogen and oxygen atoms in total. The van der Waals surface area contributed by atoms with E-state index in [2.05, 4.69) is 46.5 Å². The largest absolute Gasteiger partial charge is 0.300 e. The zero-order valence-electron chi connectivity index (χ0n) is 22.0. The van der Waals surface area contributed by atoms with Crippen molar-refractivity contribution in [3.05, 3.63) is 22.7 Å². The maximum atomic E-state index is 13.1. The molecule has 0 aliphatic rings. The standard InChI is InChI=1S/C11H18FN.C8H18.C4H10.C3H6O/c1-6-9(4)11(12)7-13-10(5)8(2)3;1-4-6-8(3)7-5-2;1-4(2)3;1-3(2)4/h7H,6H2,1-5H3;8H,4-7H2,1-3H3;4H,1-3H3;1-2H3/b11-9-,13-7?;;;. The van der Waals surface area contributed by atoms with Gasteiger partial charge in [0.25, 0.3) is 0 Å². The molecular formula is C26H52FNO. The van der Waals surface area contributed by atoms with E-state index >= 15 is 0 Å². The number of hydrogen-bond donors (Lipinski definition) is 0. The SMILES string of the molecule is CC(C)=O.CC(C)C.CC/C(C)=C(\F)C=NC(C)=C(C)C.CCCC(C)CCC. The Morgan fingerprint density at radius 3 is 1.45 bits per heavy atom. The van der Waals surface area contributed by atoms with Crippen molar-refractivity contribution >= 4 is 12.0 Å². The highest BCUT2D eigenvalue weighted by molar-refractivity contribution is 5.77. The maximum Gasteiger partial charge on any atom is 0.140 e. The summed E-state index contributed by atoms with van der Waals surface area (Å²) in [7, 11) is 0. The zero-order chi connectivity index (χ0) is 24.0. The first-order valence-electron chi connectivity index (χ1n) is 11.3. The smallest absolute Gasteiger partial charge is 0.140 e. The maximum absolute atomic E-state index is 13.1. The summed E-state index contributed by atoms with van der Waals surface area (Å²) in [4.78, 5) is 13.5. The van der Waals surface area contributed by atoms with Crippen molar-refractivity contribution in [3.8, 4) is 0 Å². The lowest BCUT2D eigenvalue weighted by molar-refractivity contribution is -0.114. The van der Waals surface area contributed by atoms with E-state index in [9.17, 15) is 9.18 Å². The average Bonchev–Trinajstić information content (AvgIpc) is 2.58. The van der Waals surface area contributed by atoms with Gasteiger partial charge in [0.15, 0.2) is 0 Å². The molecular weight excluding hydrogens is 361 g/mol. The van der Waals surface area contributed by atoms with E-state index in [1.165, 1.54) is 45.7 Å². The van der Waals surface area contributed by atoms with Crippen LogP contribution in [0.4, 0.5) is 4.39 Å². The van der Waals surface area contributed by atoms with Crippen molar-refractivity contribution in [2.75, 3.05) is 0 Å². The van der Waals surface area contributed by atoms with Crippen LogP contribution >= 0.6 is 0 Å². The third kappa shape index (κ3) is 42.0. The van der Waals surface area contributed by atoms with E-state index in [4.69, 9.17) is 0 Å². The summed E-state index contributed by atoms with van der Waals surface area (Å²) in [6, 6.07) is 0. The number of allylic oxidation sites excluding steroid dienone is 4. The Kier molecular flexibility index (Phi) is 30.1. The van der Waals surface area contributed by atoms with Crippen molar-refractivity contribution < 1.29 is 9.18 Å². The fourth-order valence-electron chi connectivity index (χ4n) is 1.69. The number of carbonyl (C=O) groups excluding carboxylic acids is 1. The summed E-state index contributed by atoms with van der Waals surface area (Å²) in [6.45, 7) is 25.9. The molecule has 0 aromatic rings. The van der Waals surface area contributed by atoms with Crippen LogP contribution < -0.4 is 0 Å². The van der Waals surface area contributed by atoms with E-state index < -0.39 is 0 Å². The second kappa shape index (κ2) is 24.8. The number of ketones is 1. The molecule has 0 saturated heterocycles. The average molecular weight is 414 g/mol. The summed E-state index contributed by atoms with van der Waals surface area (Å²) in [5.74, 6) is 1.74. The van der Waals surface area contributed by atoms with Gasteiger partial charge in [-0.05, 0) is 65.4 Å². The third-order valence-electron chi connectivity index (χ3n) is 3.60. The van der Waals surface area contributed by atoms with Crippen molar-refractivity contribution in [2.45, 2.75) is 122 Å². The molecule has 0 bridgehead atoms. The molecule has 0 atom stereocenters. The van der Waals surface area contributed by atoms with Gasteiger partial charge in [-0.25, -0.2) is 4.39 Å². The lowest BCUT2D eigenvalue weighted by Crippen LogP contribution is -1.91. The van der Waals surface area contributed by atoms with Gasteiger partial charge in [0.1, 0.15) is 11.6 Å². The topological polar surface area (TPSA) is 29.4 Å². The molecule has 29 heavy (non-hydrogen) atoms. The van der Waals surface area contributed by atoms with E-state index in [1.54, 1.807) is 6.92 Å². The number of rotatable bonds is 7. The summed E-state index contributed by atoms with van der Waals surface area (Å²) < 4.78 is 13.1. The summed E-state index contributed by atoms with van der Waals surface area (Å²) in [5.41, 5.74) is 2.72. The van der Waals surface area contributed by atoms with Crippen molar-refractivity contribution in [3.63, 3.8) is 0 Å². The van der Waals surface area contributed by atoms with Gasteiger partial charge in [-0.15, -0.1) is 0 Å². The van der Waals surface area contributed by atoms with Crippen LogP contribution in [0.2, 0.25) is 0 Å². The molecule has 0 rings (SSSR count). The molecule has 0 N–H and O–H groups in total. The lowest BCUT2D eigenvalue weighted by atomic mass is 10.0. The fourth-order valence-corrected chi connectivity index (χ4v) is 1.69. The monoisotopic (exact) mass is 413 g/mol. The molecule has 0 aliphatic carbocycles. The first-order chi connectivity index (χ1) is 13.3. The highest BCUT2D eigenvalue weighted by atomic mass is 19.1. The minimum Gasteiger partial charge on any atom is -0.300 e.